The Balaban J connectivity index is 2.13. The molecule has 4 nitrogen and oxygen atoms in total. The molecule has 0 N–H and O–H groups in total. The first kappa shape index (κ1) is 16.8. The third kappa shape index (κ3) is 5.26. The Morgan fingerprint density at radius 3 is 2.30 bits per heavy atom. The van der Waals surface area contributed by atoms with Crippen molar-refractivity contribution in [3.8, 4) is 11.8 Å². The van der Waals surface area contributed by atoms with E-state index >= 15 is 0 Å². The lowest BCUT2D eigenvalue weighted by atomic mass is 10.1. The number of amides is 1. The van der Waals surface area contributed by atoms with Crippen molar-refractivity contribution in [3.63, 3.8) is 0 Å². The monoisotopic (exact) mass is 309 g/mol. The van der Waals surface area contributed by atoms with Crippen molar-refractivity contribution < 1.29 is 14.4 Å². The Morgan fingerprint density at radius 1 is 1.09 bits per heavy atom. The molecule has 2 aromatic carbocycles. The minimum Gasteiger partial charge on any atom is -0.351 e. The highest BCUT2D eigenvalue weighted by Gasteiger charge is 2.14. The van der Waals surface area contributed by atoms with Gasteiger partial charge in [-0.3, -0.25) is 9.63 Å². The molecular weight excluding hydrogens is 290 g/mol. The first-order valence-corrected chi connectivity index (χ1v) is 7.24. The lowest BCUT2D eigenvalue weighted by Crippen LogP contribution is -2.29. The van der Waals surface area contributed by atoms with E-state index in [1.165, 1.54) is 7.11 Å². The van der Waals surface area contributed by atoms with Gasteiger partial charge in [0.25, 0.3) is 5.91 Å². The molecule has 0 aliphatic carbocycles. The highest BCUT2D eigenvalue weighted by molar-refractivity contribution is 5.76. The van der Waals surface area contributed by atoms with E-state index in [0.29, 0.717) is 0 Å². The number of hydroxylamine groups is 2. The Morgan fingerprint density at radius 2 is 1.70 bits per heavy atom. The molecule has 0 saturated heterocycles. The summed E-state index contributed by atoms with van der Waals surface area (Å²) >= 11 is 0. The summed E-state index contributed by atoms with van der Waals surface area (Å²) in [5.41, 5.74) is 1.81. The summed E-state index contributed by atoms with van der Waals surface area (Å²) in [5.74, 6) is 5.89. The minimum absolute atomic E-state index is 0.104. The van der Waals surface area contributed by atoms with Crippen LogP contribution in [-0.4, -0.2) is 31.7 Å². The number of hydrogen-bond acceptors (Lipinski definition) is 3. The van der Waals surface area contributed by atoms with E-state index in [4.69, 9.17) is 9.57 Å². The number of ether oxygens (including phenoxy) is 1. The predicted octanol–water partition coefficient (Wildman–Crippen LogP) is 2.82. The van der Waals surface area contributed by atoms with E-state index in [1.54, 1.807) is 7.05 Å². The minimum atomic E-state index is -0.481. The van der Waals surface area contributed by atoms with Crippen molar-refractivity contribution in [1.29, 1.82) is 0 Å². The summed E-state index contributed by atoms with van der Waals surface area (Å²) in [4.78, 5) is 16.7. The van der Waals surface area contributed by atoms with Crippen LogP contribution >= 0.6 is 0 Å². The lowest BCUT2D eigenvalue weighted by molar-refractivity contribution is -0.174. The molecule has 1 amide bonds. The van der Waals surface area contributed by atoms with Gasteiger partial charge in [-0.2, -0.15) is 0 Å². The average Bonchev–Trinajstić information content (AvgIpc) is 2.62. The van der Waals surface area contributed by atoms with Gasteiger partial charge in [-0.1, -0.05) is 60.4 Å². The molecule has 0 radical (unpaired) electrons. The molecule has 0 aliphatic heterocycles. The second kappa shape index (κ2) is 8.74. The van der Waals surface area contributed by atoms with E-state index in [-0.39, 0.29) is 12.5 Å². The van der Waals surface area contributed by atoms with Gasteiger partial charge < -0.3 is 4.74 Å². The van der Waals surface area contributed by atoms with Gasteiger partial charge in [0.1, 0.15) is 12.7 Å². The van der Waals surface area contributed by atoms with Gasteiger partial charge in [-0.05, 0) is 17.7 Å². The smallest absolute Gasteiger partial charge is 0.271 e. The number of rotatable bonds is 5. The molecule has 0 heterocycles. The van der Waals surface area contributed by atoms with Crippen molar-refractivity contribution in [1.82, 2.24) is 5.06 Å². The molecule has 0 aliphatic rings. The fraction of sp³-hybridized carbons (Fsp3) is 0.211. The molecule has 1 atom stereocenters. The molecule has 0 bridgehead atoms. The molecule has 0 saturated carbocycles. The van der Waals surface area contributed by atoms with Crippen LogP contribution in [0.4, 0.5) is 0 Å². The van der Waals surface area contributed by atoms with Crippen LogP contribution in [0.3, 0.4) is 0 Å². The third-order valence-corrected chi connectivity index (χ3v) is 3.22. The van der Waals surface area contributed by atoms with Crippen LogP contribution < -0.4 is 0 Å². The van der Waals surface area contributed by atoms with Gasteiger partial charge in [0.2, 0.25) is 0 Å². The molecule has 0 spiro atoms. The van der Waals surface area contributed by atoms with Crippen molar-refractivity contribution in [3.05, 3.63) is 71.8 Å². The quantitative estimate of drug-likeness (QED) is 0.630. The molecule has 0 aromatic heterocycles. The highest BCUT2D eigenvalue weighted by atomic mass is 16.7. The Kier molecular flexibility index (Phi) is 6.37. The first-order chi connectivity index (χ1) is 11.2. The number of nitrogens with zero attached hydrogens (tertiary/aromatic N) is 1. The zero-order valence-electron chi connectivity index (χ0n) is 13.2. The first-order valence-electron chi connectivity index (χ1n) is 7.24. The van der Waals surface area contributed by atoms with E-state index in [0.717, 1.165) is 16.2 Å². The second-order valence-corrected chi connectivity index (χ2v) is 4.81. The average molecular weight is 309 g/mol. The number of carbonyl (C=O) groups is 1. The highest BCUT2D eigenvalue weighted by Crippen LogP contribution is 2.16. The van der Waals surface area contributed by atoms with Crippen LogP contribution in [-0.2, 0) is 14.4 Å². The second-order valence-electron chi connectivity index (χ2n) is 4.81. The zero-order chi connectivity index (χ0) is 16.5. The zero-order valence-corrected chi connectivity index (χ0v) is 13.2. The maximum atomic E-state index is 11.8. The Bertz CT molecular complexity index is 674. The standard InChI is InChI=1S/C19H19NO3/c1-20(22-2)19(21)15-23-18(17-11-7-4-8-12-17)14-13-16-9-5-3-6-10-16/h3-12,18H,15H2,1-2H3. The molecule has 2 aromatic rings. The molecule has 2 rings (SSSR count). The van der Waals surface area contributed by atoms with Gasteiger partial charge in [-0.15, -0.1) is 0 Å². The fourth-order valence-electron chi connectivity index (χ4n) is 1.87. The Hall–Kier alpha value is -2.61. The Labute approximate surface area is 136 Å². The number of hydrogen-bond donors (Lipinski definition) is 0. The summed E-state index contributed by atoms with van der Waals surface area (Å²) in [6, 6.07) is 19.3. The molecular formula is C19H19NO3. The van der Waals surface area contributed by atoms with Crippen molar-refractivity contribution >= 4 is 5.91 Å². The topological polar surface area (TPSA) is 38.8 Å². The molecule has 118 valence electrons. The predicted molar refractivity (Wildman–Crippen MR) is 88.2 cm³/mol. The SMILES string of the molecule is CON(C)C(=O)COC(C#Cc1ccccc1)c1ccccc1. The van der Waals surface area contributed by atoms with E-state index in [2.05, 4.69) is 11.8 Å². The van der Waals surface area contributed by atoms with Gasteiger partial charge >= 0.3 is 0 Å². The number of likely N-dealkylation sites (N-methyl/N-ethyl adjacent to an activating group) is 1. The maximum Gasteiger partial charge on any atom is 0.271 e. The van der Waals surface area contributed by atoms with Crippen LogP contribution in [0.15, 0.2) is 60.7 Å². The number of carbonyl (C=O) groups excluding carboxylic acids is 1. The maximum absolute atomic E-state index is 11.8. The summed E-state index contributed by atoms with van der Waals surface area (Å²) < 4.78 is 5.69. The van der Waals surface area contributed by atoms with E-state index < -0.39 is 6.10 Å². The molecule has 1 unspecified atom stereocenters. The van der Waals surface area contributed by atoms with Crippen LogP contribution in [0.25, 0.3) is 0 Å². The fourth-order valence-corrected chi connectivity index (χ4v) is 1.87. The van der Waals surface area contributed by atoms with Crippen LogP contribution in [0, 0.1) is 11.8 Å². The largest absolute Gasteiger partial charge is 0.351 e. The van der Waals surface area contributed by atoms with E-state index in [9.17, 15) is 4.79 Å². The molecule has 23 heavy (non-hydrogen) atoms. The van der Waals surface area contributed by atoms with Gasteiger partial charge in [0, 0.05) is 12.6 Å². The van der Waals surface area contributed by atoms with Crippen LogP contribution in [0.1, 0.15) is 17.2 Å². The summed E-state index contributed by atoms with van der Waals surface area (Å²) in [7, 11) is 2.97. The van der Waals surface area contributed by atoms with Gasteiger partial charge in [0.15, 0.2) is 0 Å². The van der Waals surface area contributed by atoms with Crippen molar-refractivity contribution in [2.45, 2.75) is 6.10 Å². The lowest BCUT2D eigenvalue weighted by Gasteiger charge is -2.16. The molecule has 4 heteroatoms. The summed E-state index contributed by atoms with van der Waals surface area (Å²) in [6.45, 7) is -0.104. The summed E-state index contributed by atoms with van der Waals surface area (Å²) in [5, 5.41) is 1.13. The normalized spacial score (nSPS) is 11.2. The van der Waals surface area contributed by atoms with Crippen LogP contribution in [0.5, 0.6) is 0 Å². The summed E-state index contributed by atoms with van der Waals surface area (Å²) in [6.07, 6.45) is -0.481. The van der Waals surface area contributed by atoms with Crippen LogP contribution in [0.2, 0.25) is 0 Å². The third-order valence-electron chi connectivity index (χ3n) is 3.22. The van der Waals surface area contributed by atoms with Gasteiger partial charge in [0.05, 0.1) is 7.11 Å². The van der Waals surface area contributed by atoms with Crippen molar-refractivity contribution in [2.75, 3.05) is 20.8 Å². The molecule has 0 fully saturated rings. The number of benzene rings is 2. The van der Waals surface area contributed by atoms with Gasteiger partial charge in [-0.25, -0.2) is 5.06 Å². The van der Waals surface area contributed by atoms with Crippen molar-refractivity contribution in [2.24, 2.45) is 0 Å². The van der Waals surface area contributed by atoms with E-state index in [1.807, 2.05) is 60.7 Å².